The molecule has 0 radical (unpaired) electrons. The van der Waals surface area contributed by atoms with Gasteiger partial charge in [-0.2, -0.15) is 0 Å². The van der Waals surface area contributed by atoms with Crippen LogP contribution >= 0.6 is 0 Å². The van der Waals surface area contributed by atoms with E-state index in [-0.39, 0.29) is 0 Å². The molecule has 3 heteroatoms. The number of aryl methyl sites for hydroxylation is 1. The fourth-order valence-corrected chi connectivity index (χ4v) is 3.40. The van der Waals surface area contributed by atoms with E-state index in [9.17, 15) is 0 Å². The average Bonchev–Trinajstić information content (AvgIpc) is 3.00. The monoisotopic (exact) mass is 261 g/mol. The molecule has 2 bridgehead atoms. The van der Waals surface area contributed by atoms with Crippen molar-refractivity contribution in [3.05, 3.63) is 29.3 Å². The van der Waals surface area contributed by atoms with E-state index in [2.05, 4.69) is 37.4 Å². The summed E-state index contributed by atoms with van der Waals surface area (Å²) in [5, 5.41) is 3.72. The Balaban J connectivity index is 1.71. The Kier molecular flexibility index (Phi) is 3.50. The molecule has 3 nitrogen and oxygen atoms in total. The zero-order valence-corrected chi connectivity index (χ0v) is 12.0. The molecule has 0 saturated carbocycles. The Bertz CT molecular complexity index is 460. The van der Waals surface area contributed by atoms with Crippen LogP contribution in [0.5, 0.6) is 5.75 Å². The van der Waals surface area contributed by atoms with Crippen molar-refractivity contribution in [3.63, 3.8) is 0 Å². The number of methoxy groups -OCH3 is 1. The first-order valence-electron chi connectivity index (χ1n) is 7.23. The van der Waals surface area contributed by atoms with Crippen LogP contribution in [0.2, 0.25) is 0 Å². The van der Waals surface area contributed by atoms with Crippen molar-refractivity contribution >= 4 is 0 Å². The predicted octanol–water partition coefficient (Wildman–Crippen LogP) is 2.97. The summed E-state index contributed by atoms with van der Waals surface area (Å²) in [7, 11) is 1.74. The minimum Gasteiger partial charge on any atom is -0.496 e. The molecular weight excluding hydrogens is 238 g/mol. The second-order valence-corrected chi connectivity index (χ2v) is 5.85. The normalized spacial score (nSPS) is 30.6. The molecule has 0 spiro atoms. The Morgan fingerprint density at radius 3 is 2.84 bits per heavy atom. The molecule has 3 rings (SSSR count). The zero-order chi connectivity index (χ0) is 13.4. The maximum atomic E-state index is 5.90. The zero-order valence-electron chi connectivity index (χ0n) is 12.0. The first-order valence-corrected chi connectivity index (χ1v) is 7.23. The summed E-state index contributed by atoms with van der Waals surface area (Å²) in [5.74, 6) is 0.976. The molecule has 0 aliphatic carbocycles. The molecule has 0 aromatic heterocycles. The quantitative estimate of drug-likeness (QED) is 0.904. The highest BCUT2D eigenvalue weighted by Gasteiger charge is 2.41. The minimum atomic E-state index is 0.295. The van der Waals surface area contributed by atoms with Crippen LogP contribution in [-0.4, -0.2) is 25.4 Å². The van der Waals surface area contributed by atoms with Gasteiger partial charge in [0.25, 0.3) is 0 Å². The SMILES string of the molecule is COc1cc(C)ccc1C(C)NC1CC2CCC1O2. The third-order valence-electron chi connectivity index (χ3n) is 4.43. The number of benzene rings is 1. The van der Waals surface area contributed by atoms with E-state index in [1.165, 1.54) is 24.0 Å². The highest BCUT2D eigenvalue weighted by atomic mass is 16.5. The van der Waals surface area contributed by atoms with E-state index >= 15 is 0 Å². The molecule has 104 valence electrons. The Labute approximate surface area is 115 Å². The molecular formula is C16H23NO2. The van der Waals surface area contributed by atoms with Gasteiger partial charge in [-0.25, -0.2) is 0 Å². The number of ether oxygens (including phenoxy) is 2. The van der Waals surface area contributed by atoms with Gasteiger partial charge in [0, 0.05) is 17.6 Å². The summed E-state index contributed by atoms with van der Waals surface area (Å²) >= 11 is 0. The third kappa shape index (κ3) is 2.49. The van der Waals surface area contributed by atoms with Crippen LogP contribution in [0.3, 0.4) is 0 Å². The molecule has 2 saturated heterocycles. The molecule has 2 fully saturated rings. The standard InChI is InChI=1S/C16H23NO2/c1-10-4-6-13(16(8-10)18-3)11(2)17-14-9-12-5-7-15(14)19-12/h4,6,8,11-12,14-15,17H,5,7,9H2,1-3H3. The maximum Gasteiger partial charge on any atom is 0.123 e. The van der Waals surface area contributed by atoms with Crippen molar-refractivity contribution < 1.29 is 9.47 Å². The summed E-state index contributed by atoms with van der Waals surface area (Å²) in [4.78, 5) is 0. The van der Waals surface area contributed by atoms with Gasteiger partial charge in [0.2, 0.25) is 0 Å². The molecule has 4 atom stereocenters. The lowest BCUT2D eigenvalue weighted by atomic mass is 9.94. The molecule has 2 aliphatic heterocycles. The van der Waals surface area contributed by atoms with Crippen LogP contribution in [-0.2, 0) is 4.74 Å². The number of hydrogen-bond donors (Lipinski definition) is 1. The van der Waals surface area contributed by atoms with E-state index in [0.29, 0.717) is 24.3 Å². The maximum absolute atomic E-state index is 5.90. The van der Waals surface area contributed by atoms with E-state index in [4.69, 9.17) is 9.47 Å². The van der Waals surface area contributed by atoms with Crippen LogP contribution in [0.15, 0.2) is 18.2 Å². The van der Waals surface area contributed by atoms with Gasteiger partial charge in [0.15, 0.2) is 0 Å². The summed E-state index contributed by atoms with van der Waals surface area (Å²) in [6, 6.07) is 7.21. The van der Waals surface area contributed by atoms with Crippen molar-refractivity contribution in [1.29, 1.82) is 0 Å². The molecule has 19 heavy (non-hydrogen) atoms. The highest BCUT2D eigenvalue weighted by molar-refractivity contribution is 5.39. The van der Waals surface area contributed by atoms with Crippen LogP contribution in [0.25, 0.3) is 0 Å². The van der Waals surface area contributed by atoms with Gasteiger partial charge in [-0.05, 0) is 44.7 Å². The molecule has 1 aromatic carbocycles. The molecule has 2 aliphatic rings. The van der Waals surface area contributed by atoms with Crippen molar-refractivity contribution in [1.82, 2.24) is 5.32 Å². The van der Waals surface area contributed by atoms with Gasteiger partial charge in [-0.1, -0.05) is 12.1 Å². The molecule has 2 heterocycles. The fraction of sp³-hybridized carbons (Fsp3) is 0.625. The van der Waals surface area contributed by atoms with E-state index in [1.54, 1.807) is 7.11 Å². The van der Waals surface area contributed by atoms with Crippen molar-refractivity contribution in [2.75, 3.05) is 7.11 Å². The number of hydrogen-bond acceptors (Lipinski definition) is 3. The average molecular weight is 261 g/mol. The first kappa shape index (κ1) is 12.9. The second-order valence-electron chi connectivity index (χ2n) is 5.85. The summed E-state index contributed by atoms with van der Waals surface area (Å²) < 4.78 is 11.4. The van der Waals surface area contributed by atoms with Crippen molar-refractivity contribution in [3.8, 4) is 5.75 Å². The summed E-state index contributed by atoms with van der Waals surface area (Å²) in [6.07, 6.45) is 4.52. The van der Waals surface area contributed by atoms with Crippen LogP contribution < -0.4 is 10.1 Å². The van der Waals surface area contributed by atoms with E-state index in [0.717, 1.165) is 12.2 Å². The number of rotatable bonds is 4. The number of fused-ring (bicyclic) bond motifs is 2. The predicted molar refractivity (Wildman–Crippen MR) is 75.6 cm³/mol. The Hall–Kier alpha value is -1.06. The van der Waals surface area contributed by atoms with Gasteiger partial charge in [-0.3, -0.25) is 0 Å². The Morgan fingerprint density at radius 2 is 2.21 bits per heavy atom. The Morgan fingerprint density at radius 1 is 1.37 bits per heavy atom. The summed E-state index contributed by atoms with van der Waals surface area (Å²) in [5.41, 5.74) is 2.46. The highest BCUT2D eigenvalue weighted by Crippen LogP contribution is 2.36. The van der Waals surface area contributed by atoms with Gasteiger partial charge >= 0.3 is 0 Å². The largest absolute Gasteiger partial charge is 0.496 e. The van der Waals surface area contributed by atoms with Crippen molar-refractivity contribution in [2.45, 2.75) is 57.4 Å². The minimum absolute atomic E-state index is 0.295. The lowest BCUT2D eigenvalue weighted by molar-refractivity contribution is 0.0962. The van der Waals surface area contributed by atoms with Crippen LogP contribution in [0.1, 0.15) is 43.4 Å². The molecule has 1 N–H and O–H groups in total. The van der Waals surface area contributed by atoms with Crippen LogP contribution in [0.4, 0.5) is 0 Å². The van der Waals surface area contributed by atoms with E-state index in [1.807, 2.05) is 0 Å². The summed E-state index contributed by atoms with van der Waals surface area (Å²) in [6.45, 7) is 4.30. The van der Waals surface area contributed by atoms with Gasteiger partial charge < -0.3 is 14.8 Å². The third-order valence-corrected chi connectivity index (χ3v) is 4.43. The van der Waals surface area contributed by atoms with Crippen molar-refractivity contribution in [2.24, 2.45) is 0 Å². The molecule has 1 aromatic rings. The fourth-order valence-electron chi connectivity index (χ4n) is 3.40. The van der Waals surface area contributed by atoms with Gasteiger partial charge in [0.05, 0.1) is 19.3 Å². The smallest absolute Gasteiger partial charge is 0.123 e. The lowest BCUT2D eigenvalue weighted by Gasteiger charge is -2.26. The topological polar surface area (TPSA) is 30.5 Å². The van der Waals surface area contributed by atoms with Crippen LogP contribution in [0, 0.1) is 6.92 Å². The second kappa shape index (κ2) is 5.14. The van der Waals surface area contributed by atoms with E-state index < -0.39 is 0 Å². The lowest BCUT2D eigenvalue weighted by Crippen LogP contribution is -2.39. The first-order chi connectivity index (χ1) is 9.17. The molecule has 0 amide bonds. The van der Waals surface area contributed by atoms with Gasteiger partial charge in [-0.15, -0.1) is 0 Å². The van der Waals surface area contributed by atoms with Gasteiger partial charge in [0.1, 0.15) is 5.75 Å². The number of nitrogens with one attached hydrogen (secondary N) is 1. The molecule has 4 unspecified atom stereocenters.